The number of hydrogen-bond acceptors (Lipinski definition) is 0. The summed E-state index contributed by atoms with van der Waals surface area (Å²) in [5, 5.41) is 0. The Morgan fingerprint density at radius 1 is 0.824 bits per heavy atom. The Labute approximate surface area is 106 Å². The topological polar surface area (TPSA) is 6.02 Å². The molecule has 0 N–H and O–H groups in total. The molecule has 2 aliphatic rings. The molecule has 96 valence electrons. The minimum Gasteiger partial charge on any atom is -0.166 e. The van der Waals surface area contributed by atoms with Gasteiger partial charge in [0.15, 0.2) is 11.4 Å². The second kappa shape index (κ2) is 4.22. The highest BCUT2D eigenvalue weighted by Crippen LogP contribution is 2.36. The molecule has 0 amide bonds. The highest BCUT2D eigenvalue weighted by atomic mass is 15.4. The number of rotatable bonds is 0. The lowest BCUT2D eigenvalue weighted by molar-refractivity contribution is -0.767. The van der Waals surface area contributed by atoms with Gasteiger partial charge in [-0.1, -0.05) is 0 Å². The van der Waals surface area contributed by atoms with Crippen LogP contribution in [0.15, 0.2) is 0 Å². The van der Waals surface area contributed by atoms with E-state index in [1.54, 1.807) is 0 Å². The van der Waals surface area contributed by atoms with E-state index in [1.807, 2.05) is 0 Å². The van der Waals surface area contributed by atoms with E-state index in [2.05, 4.69) is 50.7 Å². The van der Waals surface area contributed by atoms with Crippen molar-refractivity contribution in [3.63, 3.8) is 0 Å². The summed E-state index contributed by atoms with van der Waals surface area (Å²) in [6.45, 7) is 13.8. The van der Waals surface area contributed by atoms with Gasteiger partial charge in [-0.3, -0.25) is 0 Å². The van der Waals surface area contributed by atoms with Gasteiger partial charge in [0.05, 0.1) is 13.8 Å². The molecule has 0 spiro atoms. The predicted molar refractivity (Wildman–Crippen MR) is 73.4 cm³/mol. The standard InChI is InChI=1S/C15H28N2/c1-11(2)16-13-9-7-8-10-14(13)17(12(3)4)15(16,5)6/h13-14H,7-10H2,1-6H3/q+2/t13-,14-/m1/s1. The van der Waals surface area contributed by atoms with E-state index in [9.17, 15) is 0 Å². The van der Waals surface area contributed by atoms with Crippen LogP contribution < -0.4 is 0 Å². The fourth-order valence-corrected chi connectivity index (χ4v) is 4.38. The van der Waals surface area contributed by atoms with Crippen LogP contribution >= 0.6 is 0 Å². The highest BCUT2D eigenvalue weighted by Gasteiger charge is 2.62. The number of fused-ring (bicyclic) bond motifs is 1. The van der Waals surface area contributed by atoms with Crippen molar-refractivity contribution in [2.75, 3.05) is 0 Å². The van der Waals surface area contributed by atoms with E-state index in [0.717, 1.165) is 12.1 Å². The van der Waals surface area contributed by atoms with Gasteiger partial charge in [0.2, 0.25) is 12.1 Å². The molecule has 0 unspecified atom stereocenters. The van der Waals surface area contributed by atoms with Crippen molar-refractivity contribution in [2.24, 2.45) is 0 Å². The predicted octanol–water partition coefficient (Wildman–Crippen LogP) is 3.03. The van der Waals surface area contributed by atoms with Crippen molar-refractivity contribution in [3.05, 3.63) is 0 Å². The van der Waals surface area contributed by atoms with E-state index in [1.165, 1.54) is 37.1 Å². The fourth-order valence-electron chi connectivity index (χ4n) is 4.38. The summed E-state index contributed by atoms with van der Waals surface area (Å²) in [6, 6.07) is 1.47. The van der Waals surface area contributed by atoms with E-state index < -0.39 is 0 Å². The zero-order valence-electron chi connectivity index (χ0n) is 12.4. The van der Waals surface area contributed by atoms with Crippen LogP contribution in [0.3, 0.4) is 0 Å². The molecular weight excluding hydrogens is 208 g/mol. The van der Waals surface area contributed by atoms with Crippen LogP contribution in [0.1, 0.15) is 67.2 Å². The lowest BCUT2D eigenvalue weighted by Crippen LogP contribution is -2.43. The second-order valence-electron chi connectivity index (χ2n) is 6.55. The van der Waals surface area contributed by atoms with Crippen molar-refractivity contribution < 1.29 is 9.15 Å². The first-order valence-corrected chi connectivity index (χ1v) is 7.06. The lowest BCUT2D eigenvalue weighted by atomic mass is 9.91. The summed E-state index contributed by atoms with van der Waals surface area (Å²) >= 11 is 0. The van der Waals surface area contributed by atoms with Gasteiger partial charge in [0.25, 0.3) is 0 Å². The molecule has 0 aromatic rings. The molecule has 2 rings (SSSR count). The van der Waals surface area contributed by atoms with Gasteiger partial charge in [-0.05, 0) is 12.8 Å². The van der Waals surface area contributed by atoms with Crippen LogP contribution in [0, 0.1) is 0 Å². The Balaban J connectivity index is 2.58. The van der Waals surface area contributed by atoms with Gasteiger partial charge in [0.1, 0.15) is 0 Å². The molecule has 0 bridgehead atoms. The molecule has 1 aliphatic carbocycles. The minimum atomic E-state index is 0.150. The molecule has 2 atom stereocenters. The zero-order valence-corrected chi connectivity index (χ0v) is 12.4. The van der Waals surface area contributed by atoms with Gasteiger partial charge in [-0.2, -0.15) is 9.15 Å². The first-order valence-electron chi connectivity index (χ1n) is 7.06. The summed E-state index contributed by atoms with van der Waals surface area (Å²) in [6.07, 6.45) is 5.53. The van der Waals surface area contributed by atoms with Crippen LogP contribution in [0.4, 0.5) is 0 Å². The van der Waals surface area contributed by atoms with Crippen molar-refractivity contribution >= 4 is 11.4 Å². The molecule has 0 radical (unpaired) electrons. The molecular formula is C15H28N2+2. The summed E-state index contributed by atoms with van der Waals surface area (Å²) in [5.41, 5.74) is 3.09. The third-order valence-corrected chi connectivity index (χ3v) is 4.50. The van der Waals surface area contributed by atoms with E-state index in [0.29, 0.717) is 0 Å². The van der Waals surface area contributed by atoms with Crippen LogP contribution in [-0.4, -0.2) is 38.3 Å². The maximum absolute atomic E-state index is 2.67. The maximum atomic E-state index is 2.67. The molecule has 17 heavy (non-hydrogen) atoms. The summed E-state index contributed by atoms with van der Waals surface area (Å²) in [4.78, 5) is 0. The smallest absolute Gasteiger partial charge is 0.166 e. The molecule has 1 saturated heterocycles. The highest BCUT2D eigenvalue weighted by molar-refractivity contribution is 5.75. The van der Waals surface area contributed by atoms with Gasteiger partial charge in [-0.25, -0.2) is 0 Å². The molecule has 1 heterocycles. The van der Waals surface area contributed by atoms with E-state index in [-0.39, 0.29) is 5.66 Å². The first kappa shape index (κ1) is 12.8. The Bertz CT molecular complexity index is 344. The average Bonchev–Trinajstić information content (AvgIpc) is 2.42. The van der Waals surface area contributed by atoms with E-state index in [4.69, 9.17) is 0 Å². The van der Waals surface area contributed by atoms with Crippen LogP contribution in [0.25, 0.3) is 0 Å². The molecule has 2 heteroatoms. The monoisotopic (exact) mass is 236 g/mol. The number of nitrogens with zero attached hydrogens (tertiary/aromatic N) is 2. The van der Waals surface area contributed by atoms with Crippen molar-refractivity contribution in [1.29, 1.82) is 0 Å². The minimum absolute atomic E-state index is 0.150. The Hall–Kier alpha value is -0.660. The van der Waals surface area contributed by atoms with Crippen LogP contribution in [0.2, 0.25) is 0 Å². The molecule has 2 nitrogen and oxygen atoms in total. The van der Waals surface area contributed by atoms with Crippen LogP contribution in [0.5, 0.6) is 0 Å². The normalized spacial score (nSPS) is 31.4. The molecule has 2 fully saturated rings. The SMILES string of the molecule is CC(C)=[N+]1[C@@H]2CCCC[C@H]2[N+](=C(C)C)C1(C)C. The summed E-state index contributed by atoms with van der Waals surface area (Å²) in [5.74, 6) is 0. The Kier molecular flexibility index (Phi) is 3.17. The van der Waals surface area contributed by atoms with E-state index >= 15 is 0 Å². The molecule has 0 aromatic carbocycles. The van der Waals surface area contributed by atoms with Crippen molar-refractivity contribution in [2.45, 2.75) is 85.0 Å². The third kappa shape index (κ3) is 1.86. The fraction of sp³-hybridized carbons (Fsp3) is 0.867. The average molecular weight is 236 g/mol. The van der Waals surface area contributed by atoms with Gasteiger partial charge in [-0.15, -0.1) is 0 Å². The Morgan fingerprint density at radius 3 is 1.47 bits per heavy atom. The summed E-state index contributed by atoms with van der Waals surface area (Å²) in [7, 11) is 0. The molecule has 1 aliphatic heterocycles. The number of hydrogen-bond donors (Lipinski definition) is 0. The second-order valence-corrected chi connectivity index (χ2v) is 6.55. The van der Waals surface area contributed by atoms with Gasteiger partial charge >= 0.3 is 5.66 Å². The Morgan fingerprint density at radius 2 is 1.18 bits per heavy atom. The zero-order chi connectivity index (χ0) is 12.8. The lowest BCUT2D eigenvalue weighted by Gasteiger charge is -2.16. The van der Waals surface area contributed by atoms with Gasteiger partial charge in [0, 0.05) is 40.5 Å². The largest absolute Gasteiger partial charge is 0.346 e. The third-order valence-electron chi connectivity index (χ3n) is 4.50. The van der Waals surface area contributed by atoms with Crippen molar-refractivity contribution in [1.82, 2.24) is 0 Å². The molecule has 1 saturated carbocycles. The first-order chi connectivity index (χ1) is 7.87. The van der Waals surface area contributed by atoms with Crippen LogP contribution in [-0.2, 0) is 0 Å². The molecule has 0 aromatic heterocycles. The summed E-state index contributed by atoms with van der Waals surface area (Å²) < 4.78 is 5.34. The maximum Gasteiger partial charge on any atom is 0.346 e. The van der Waals surface area contributed by atoms with Crippen molar-refractivity contribution in [3.8, 4) is 0 Å². The quantitative estimate of drug-likeness (QED) is 0.570. The van der Waals surface area contributed by atoms with Gasteiger partial charge < -0.3 is 0 Å².